The van der Waals surface area contributed by atoms with Gasteiger partial charge in [-0.1, -0.05) is 24.3 Å². The molecule has 0 aliphatic carbocycles. The van der Waals surface area contributed by atoms with Crippen LogP contribution in [-0.4, -0.2) is 7.11 Å². The number of aryl methyl sites for hydroxylation is 1. The first kappa shape index (κ1) is 11.3. The number of hydrogen-bond acceptors (Lipinski definition) is 3. The van der Waals surface area contributed by atoms with E-state index in [4.69, 9.17) is 10.5 Å². The van der Waals surface area contributed by atoms with Crippen LogP contribution in [0.2, 0.25) is 0 Å². The first-order chi connectivity index (χ1) is 8.22. The summed E-state index contributed by atoms with van der Waals surface area (Å²) < 4.78 is 5.19. The molecule has 3 nitrogen and oxygen atoms in total. The molecule has 2 aromatic rings. The Morgan fingerprint density at radius 2 is 1.71 bits per heavy atom. The number of methoxy groups -OCH3 is 1. The Kier molecular flexibility index (Phi) is 3.19. The van der Waals surface area contributed by atoms with Gasteiger partial charge in [0.15, 0.2) is 0 Å². The van der Waals surface area contributed by atoms with E-state index in [2.05, 4.69) is 18.3 Å². The van der Waals surface area contributed by atoms with E-state index in [1.807, 2.05) is 36.4 Å². The van der Waals surface area contributed by atoms with Gasteiger partial charge < -0.3 is 15.8 Å². The van der Waals surface area contributed by atoms with Gasteiger partial charge in [-0.3, -0.25) is 0 Å². The maximum Gasteiger partial charge on any atom is 0.143 e. The van der Waals surface area contributed by atoms with Crippen LogP contribution in [0.5, 0.6) is 5.75 Å². The lowest BCUT2D eigenvalue weighted by atomic mass is 10.2. The molecule has 0 saturated carbocycles. The maximum atomic E-state index is 6.00. The zero-order chi connectivity index (χ0) is 12.3. The van der Waals surface area contributed by atoms with E-state index in [0.29, 0.717) is 11.4 Å². The first-order valence-corrected chi connectivity index (χ1v) is 5.47. The molecule has 0 amide bonds. The van der Waals surface area contributed by atoms with Crippen molar-refractivity contribution in [2.75, 3.05) is 18.2 Å². The standard InChI is InChI=1S/C14H16N2O/c1-10-6-3-4-7-11(10)16-12-8-5-9-13(17-2)14(12)15/h3-9,16H,15H2,1-2H3. The zero-order valence-electron chi connectivity index (χ0n) is 10.0. The zero-order valence-corrected chi connectivity index (χ0v) is 10.0. The number of hydrogen-bond donors (Lipinski definition) is 2. The van der Waals surface area contributed by atoms with Gasteiger partial charge in [0.1, 0.15) is 5.75 Å². The van der Waals surface area contributed by atoms with Gasteiger partial charge in [-0.15, -0.1) is 0 Å². The number of para-hydroxylation sites is 2. The molecular formula is C14H16N2O. The second kappa shape index (κ2) is 4.78. The minimum absolute atomic E-state index is 0.623. The summed E-state index contributed by atoms with van der Waals surface area (Å²) in [6, 6.07) is 13.8. The first-order valence-electron chi connectivity index (χ1n) is 5.47. The predicted octanol–water partition coefficient (Wildman–Crippen LogP) is 3.33. The average molecular weight is 228 g/mol. The van der Waals surface area contributed by atoms with E-state index in [9.17, 15) is 0 Å². The van der Waals surface area contributed by atoms with E-state index in [1.165, 1.54) is 5.56 Å². The molecule has 0 fully saturated rings. The molecule has 0 heterocycles. The second-order valence-electron chi connectivity index (χ2n) is 3.86. The van der Waals surface area contributed by atoms with Gasteiger partial charge in [-0.2, -0.15) is 0 Å². The van der Waals surface area contributed by atoms with Crippen molar-refractivity contribution in [2.24, 2.45) is 0 Å². The number of anilines is 3. The average Bonchev–Trinajstić information content (AvgIpc) is 2.34. The van der Waals surface area contributed by atoms with Gasteiger partial charge in [-0.25, -0.2) is 0 Å². The molecule has 0 aliphatic heterocycles. The molecule has 88 valence electrons. The van der Waals surface area contributed by atoms with E-state index in [0.717, 1.165) is 11.4 Å². The monoisotopic (exact) mass is 228 g/mol. The van der Waals surface area contributed by atoms with Crippen LogP contribution in [0.15, 0.2) is 42.5 Å². The highest BCUT2D eigenvalue weighted by Crippen LogP contribution is 2.31. The van der Waals surface area contributed by atoms with Gasteiger partial charge in [0.25, 0.3) is 0 Å². The summed E-state index contributed by atoms with van der Waals surface area (Å²) >= 11 is 0. The number of rotatable bonds is 3. The van der Waals surface area contributed by atoms with Crippen molar-refractivity contribution in [3.05, 3.63) is 48.0 Å². The molecule has 0 saturated heterocycles. The Labute approximate surface area is 101 Å². The lowest BCUT2D eigenvalue weighted by molar-refractivity contribution is 0.417. The number of benzene rings is 2. The van der Waals surface area contributed by atoms with Crippen molar-refractivity contribution < 1.29 is 4.74 Å². The van der Waals surface area contributed by atoms with Crippen molar-refractivity contribution in [1.82, 2.24) is 0 Å². The van der Waals surface area contributed by atoms with Gasteiger partial charge in [-0.05, 0) is 30.7 Å². The summed E-state index contributed by atoms with van der Waals surface area (Å²) in [5.74, 6) is 0.684. The highest BCUT2D eigenvalue weighted by Gasteiger charge is 2.05. The summed E-state index contributed by atoms with van der Waals surface area (Å²) in [6.07, 6.45) is 0. The fourth-order valence-corrected chi connectivity index (χ4v) is 1.69. The van der Waals surface area contributed by atoms with E-state index < -0.39 is 0 Å². The van der Waals surface area contributed by atoms with Crippen LogP contribution in [0.1, 0.15) is 5.56 Å². The summed E-state index contributed by atoms with van der Waals surface area (Å²) in [4.78, 5) is 0. The molecule has 0 radical (unpaired) electrons. The number of nitrogen functional groups attached to an aromatic ring is 1. The largest absolute Gasteiger partial charge is 0.495 e. The Morgan fingerprint density at radius 1 is 1.00 bits per heavy atom. The molecule has 3 N–H and O–H groups in total. The van der Waals surface area contributed by atoms with Crippen LogP contribution in [0.3, 0.4) is 0 Å². The fourth-order valence-electron chi connectivity index (χ4n) is 1.69. The van der Waals surface area contributed by atoms with Crippen LogP contribution >= 0.6 is 0 Å². The molecule has 0 aromatic heterocycles. The minimum atomic E-state index is 0.623. The third-order valence-electron chi connectivity index (χ3n) is 2.70. The summed E-state index contributed by atoms with van der Waals surface area (Å²) in [6.45, 7) is 2.05. The Bertz CT molecular complexity index is 523. The smallest absolute Gasteiger partial charge is 0.143 e. The van der Waals surface area contributed by atoms with Crippen molar-refractivity contribution >= 4 is 17.1 Å². The lowest BCUT2D eigenvalue weighted by Crippen LogP contribution is -1.99. The van der Waals surface area contributed by atoms with Crippen LogP contribution in [0, 0.1) is 6.92 Å². The SMILES string of the molecule is COc1cccc(Nc2ccccc2C)c1N. The Morgan fingerprint density at radius 3 is 2.41 bits per heavy atom. The molecule has 2 aromatic carbocycles. The molecule has 3 heteroatoms. The van der Waals surface area contributed by atoms with Crippen LogP contribution in [0.4, 0.5) is 17.1 Å². The van der Waals surface area contributed by atoms with E-state index in [-0.39, 0.29) is 0 Å². The van der Waals surface area contributed by atoms with Gasteiger partial charge in [0, 0.05) is 5.69 Å². The van der Waals surface area contributed by atoms with Crippen LogP contribution < -0.4 is 15.8 Å². The highest BCUT2D eigenvalue weighted by atomic mass is 16.5. The van der Waals surface area contributed by atoms with Crippen molar-refractivity contribution in [3.63, 3.8) is 0 Å². The molecule has 0 unspecified atom stereocenters. The molecule has 17 heavy (non-hydrogen) atoms. The Balaban J connectivity index is 2.34. The number of ether oxygens (including phenoxy) is 1. The van der Waals surface area contributed by atoms with Gasteiger partial charge in [0.05, 0.1) is 18.5 Å². The third kappa shape index (κ3) is 2.33. The molecule has 0 aliphatic rings. The van der Waals surface area contributed by atoms with Crippen LogP contribution in [0.25, 0.3) is 0 Å². The highest BCUT2D eigenvalue weighted by molar-refractivity contribution is 5.78. The quantitative estimate of drug-likeness (QED) is 0.792. The maximum absolute atomic E-state index is 6.00. The summed E-state index contributed by atoms with van der Waals surface area (Å²) in [5.41, 5.74) is 9.71. The normalized spacial score (nSPS) is 10.0. The van der Waals surface area contributed by atoms with Crippen molar-refractivity contribution in [1.29, 1.82) is 0 Å². The van der Waals surface area contributed by atoms with Crippen molar-refractivity contribution in [2.45, 2.75) is 6.92 Å². The van der Waals surface area contributed by atoms with Gasteiger partial charge >= 0.3 is 0 Å². The van der Waals surface area contributed by atoms with Crippen molar-refractivity contribution in [3.8, 4) is 5.75 Å². The third-order valence-corrected chi connectivity index (χ3v) is 2.70. The lowest BCUT2D eigenvalue weighted by Gasteiger charge is -2.13. The topological polar surface area (TPSA) is 47.3 Å². The molecule has 0 spiro atoms. The number of nitrogens with two attached hydrogens (primary N) is 1. The minimum Gasteiger partial charge on any atom is -0.495 e. The predicted molar refractivity (Wildman–Crippen MR) is 71.9 cm³/mol. The summed E-state index contributed by atoms with van der Waals surface area (Å²) in [5, 5.41) is 3.31. The fraction of sp³-hybridized carbons (Fsp3) is 0.143. The molecule has 0 atom stereocenters. The molecule has 2 rings (SSSR count). The number of nitrogens with one attached hydrogen (secondary N) is 1. The molecule has 0 bridgehead atoms. The molecular weight excluding hydrogens is 212 g/mol. The van der Waals surface area contributed by atoms with E-state index in [1.54, 1.807) is 7.11 Å². The summed E-state index contributed by atoms with van der Waals surface area (Å²) in [7, 11) is 1.61. The van der Waals surface area contributed by atoms with E-state index >= 15 is 0 Å². The second-order valence-corrected chi connectivity index (χ2v) is 3.86. The van der Waals surface area contributed by atoms with Crippen LogP contribution in [-0.2, 0) is 0 Å². The van der Waals surface area contributed by atoms with Gasteiger partial charge in [0.2, 0.25) is 0 Å². The Hall–Kier alpha value is -2.16.